The molecule has 0 aromatic heterocycles. The van der Waals surface area contributed by atoms with E-state index >= 15 is 0 Å². The normalized spacial score (nSPS) is 45.6. The molecule has 7 N–H and O–H groups in total. The van der Waals surface area contributed by atoms with E-state index in [2.05, 4.69) is 19.2 Å². The Morgan fingerprint density at radius 2 is 1.77 bits per heavy atom. The van der Waals surface area contributed by atoms with Crippen LogP contribution in [0.3, 0.4) is 0 Å². The van der Waals surface area contributed by atoms with Crippen molar-refractivity contribution in [2.24, 2.45) is 53.1 Å². The van der Waals surface area contributed by atoms with Crippen LogP contribution in [0.15, 0.2) is 11.3 Å². The lowest BCUT2D eigenvalue weighted by molar-refractivity contribution is -0.201. The maximum absolute atomic E-state index is 14.1. The molecule has 0 heterocycles. The van der Waals surface area contributed by atoms with E-state index < -0.39 is 58.6 Å². The molecule has 40 heavy (non-hydrogen) atoms. The van der Waals surface area contributed by atoms with Crippen LogP contribution in [0.5, 0.6) is 0 Å². The molecule has 9 unspecified atom stereocenters. The zero-order valence-corrected chi connectivity index (χ0v) is 23.8. The van der Waals surface area contributed by atoms with Crippen molar-refractivity contribution >= 4 is 17.5 Å². The van der Waals surface area contributed by atoms with E-state index in [4.69, 9.17) is 10.5 Å². The number of nitrogens with one attached hydrogen (secondary N) is 1. The van der Waals surface area contributed by atoms with Crippen LogP contribution < -0.4 is 11.1 Å². The molecule has 4 saturated carbocycles. The summed E-state index contributed by atoms with van der Waals surface area (Å²) >= 11 is 0. The second-order valence-electron chi connectivity index (χ2n) is 13.5. The average molecular weight is 563 g/mol. The molecular weight excluding hydrogens is 516 g/mol. The van der Waals surface area contributed by atoms with Crippen LogP contribution in [-0.2, 0) is 19.1 Å². The Kier molecular flexibility index (Phi) is 8.22. The number of ketones is 2. The molecule has 224 valence electrons. The summed E-state index contributed by atoms with van der Waals surface area (Å²) in [5.74, 6) is -5.12. The molecule has 10 nitrogen and oxygen atoms in total. The van der Waals surface area contributed by atoms with E-state index in [0.717, 1.165) is 32.2 Å². The largest absolute Gasteiger partial charge is 0.508 e. The molecule has 0 aliphatic heterocycles. The van der Waals surface area contributed by atoms with Gasteiger partial charge in [0.15, 0.2) is 11.4 Å². The molecule has 5 aliphatic carbocycles. The number of ether oxygens (including phenoxy) is 1. The molecule has 0 aromatic carbocycles. The van der Waals surface area contributed by atoms with E-state index in [9.17, 15) is 34.8 Å². The van der Waals surface area contributed by atoms with E-state index in [0.29, 0.717) is 24.8 Å². The minimum absolute atomic E-state index is 0.0799. The van der Waals surface area contributed by atoms with Crippen molar-refractivity contribution in [1.82, 2.24) is 5.32 Å². The first-order valence-electron chi connectivity index (χ1n) is 15.0. The SMILES string of the molecule is COC1CCC(CNC(C)C)CC1C1CCC(O)C2C(=O)C3C(O)[C@]4(O)C(O)=C(C(N)=O)C(=O)C[C@@H]4C[C@@H]3CC12. The van der Waals surface area contributed by atoms with Crippen molar-refractivity contribution in [3.8, 4) is 0 Å². The summed E-state index contributed by atoms with van der Waals surface area (Å²) < 4.78 is 5.98. The van der Waals surface area contributed by atoms with Gasteiger partial charge in [0, 0.05) is 31.4 Å². The van der Waals surface area contributed by atoms with Crippen LogP contribution in [0.4, 0.5) is 0 Å². The fourth-order valence-corrected chi connectivity index (χ4v) is 9.31. The van der Waals surface area contributed by atoms with Crippen LogP contribution in [0.2, 0.25) is 0 Å². The monoisotopic (exact) mass is 562 g/mol. The predicted octanol–water partition coefficient (Wildman–Crippen LogP) is 1.01. The van der Waals surface area contributed by atoms with Gasteiger partial charge in [-0.25, -0.2) is 0 Å². The zero-order chi connectivity index (χ0) is 29.1. The van der Waals surface area contributed by atoms with Gasteiger partial charge in [-0.1, -0.05) is 13.8 Å². The molecule has 12 atom stereocenters. The number of carbonyl (C=O) groups is 3. The Labute approximate surface area is 235 Å². The standard InChI is InChI=1S/C30H46N2O8/c1-13(2)32-12-14-4-7-22(40-3)18(8-14)17-5-6-20(33)24-19(17)10-15-9-16-11-21(34)25(29(31)38)28(37)30(16,39)27(36)23(15)26(24)35/h13-20,22-24,27,32-33,36-37,39H,4-12H2,1-3H3,(H2,31,38)/t14?,15-,16+,17?,18?,19?,20?,22?,23?,24?,27?,30+/m1/s1. The Bertz CT molecular complexity index is 1060. The number of hydrogen-bond acceptors (Lipinski definition) is 9. The molecule has 5 aliphatic rings. The topological polar surface area (TPSA) is 179 Å². The second kappa shape index (κ2) is 11.1. The lowest BCUT2D eigenvalue weighted by Crippen LogP contribution is -2.67. The minimum atomic E-state index is -2.32. The summed E-state index contributed by atoms with van der Waals surface area (Å²) in [6.45, 7) is 5.21. The number of amides is 1. The number of methoxy groups -OCH3 is 1. The van der Waals surface area contributed by atoms with E-state index in [1.165, 1.54) is 0 Å². The van der Waals surface area contributed by atoms with Crippen molar-refractivity contribution in [2.75, 3.05) is 13.7 Å². The highest BCUT2D eigenvalue weighted by Crippen LogP contribution is 2.58. The van der Waals surface area contributed by atoms with Gasteiger partial charge in [-0.2, -0.15) is 0 Å². The van der Waals surface area contributed by atoms with Crippen molar-refractivity contribution in [1.29, 1.82) is 0 Å². The summed E-state index contributed by atoms with van der Waals surface area (Å²) in [7, 11) is 1.75. The third-order valence-electron chi connectivity index (χ3n) is 11.1. The Morgan fingerprint density at radius 3 is 2.42 bits per heavy atom. The zero-order valence-electron chi connectivity index (χ0n) is 23.8. The number of carbonyl (C=O) groups excluding carboxylic acids is 3. The van der Waals surface area contributed by atoms with Crippen molar-refractivity contribution in [2.45, 2.75) is 95.2 Å². The van der Waals surface area contributed by atoms with Gasteiger partial charge in [0.05, 0.1) is 18.1 Å². The Morgan fingerprint density at radius 1 is 1.05 bits per heavy atom. The second-order valence-corrected chi connectivity index (χ2v) is 13.5. The third-order valence-corrected chi connectivity index (χ3v) is 11.1. The first-order chi connectivity index (χ1) is 18.9. The van der Waals surface area contributed by atoms with Crippen LogP contribution in [0.25, 0.3) is 0 Å². The highest BCUT2D eigenvalue weighted by Gasteiger charge is 2.65. The number of hydrogen-bond donors (Lipinski definition) is 6. The fourth-order valence-electron chi connectivity index (χ4n) is 9.31. The molecule has 1 amide bonds. The lowest BCUT2D eigenvalue weighted by Gasteiger charge is -2.57. The molecule has 0 aromatic rings. The van der Waals surface area contributed by atoms with Gasteiger partial charge in [-0.3, -0.25) is 14.4 Å². The minimum Gasteiger partial charge on any atom is -0.508 e. The highest BCUT2D eigenvalue weighted by molar-refractivity contribution is 6.20. The maximum Gasteiger partial charge on any atom is 0.255 e. The smallest absolute Gasteiger partial charge is 0.255 e. The summed E-state index contributed by atoms with van der Waals surface area (Å²) in [6.07, 6.45) is 2.38. The molecule has 0 bridgehead atoms. The number of aliphatic hydroxyl groups is 4. The predicted molar refractivity (Wildman–Crippen MR) is 145 cm³/mol. The van der Waals surface area contributed by atoms with Crippen LogP contribution in [0, 0.1) is 47.3 Å². The summed E-state index contributed by atoms with van der Waals surface area (Å²) in [5, 5.41) is 48.5. The van der Waals surface area contributed by atoms with Gasteiger partial charge in [0.2, 0.25) is 0 Å². The lowest BCUT2D eigenvalue weighted by atomic mass is 9.48. The van der Waals surface area contributed by atoms with Gasteiger partial charge in [0.1, 0.15) is 23.2 Å². The summed E-state index contributed by atoms with van der Waals surface area (Å²) in [4.78, 5) is 38.7. The van der Waals surface area contributed by atoms with Crippen molar-refractivity contribution in [3.63, 3.8) is 0 Å². The molecule has 10 heteroatoms. The van der Waals surface area contributed by atoms with E-state index in [1.54, 1.807) is 7.11 Å². The quantitative estimate of drug-likeness (QED) is 0.258. The Hall–Kier alpha value is -1.85. The summed E-state index contributed by atoms with van der Waals surface area (Å²) in [5.41, 5.74) is 2.28. The molecule has 0 radical (unpaired) electrons. The number of primary amides is 1. The van der Waals surface area contributed by atoms with Crippen molar-refractivity contribution < 1.29 is 39.5 Å². The number of nitrogens with two attached hydrogens (primary N) is 1. The van der Waals surface area contributed by atoms with Gasteiger partial charge < -0.3 is 36.2 Å². The molecule has 5 rings (SSSR count). The highest BCUT2D eigenvalue weighted by atomic mass is 16.5. The van der Waals surface area contributed by atoms with Crippen molar-refractivity contribution in [3.05, 3.63) is 11.3 Å². The number of fused-ring (bicyclic) bond motifs is 3. The molecule has 0 spiro atoms. The van der Waals surface area contributed by atoms with Gasteiger partial charge >= 0.3 is 0 Å². The molecule has 0 saturated heterocycles. The van der Waals surface area contributed by atoms with Crippen LogP contribution in [0.1, 0.15) is 65.2 Å². The van der Waals surface area contributed by atoms with Crippen LogP contribution in [-0.4, -0.2) is 81.5 Å². The maximum atomic E-state index is 14.1. The van der Waals surface area contributed by atoms with Crippen LogP contribution >= 0.6 is 0 Å². The number of aliphatic hydroxyl groups excluding tert-OH is 3. The number of Topliss-reactive ketones (excluding diaryl/α,β-unsaturated/α-hetero) is 2. The molecule has 4 fully saturated rings. The van der Waals surface area contributed by atoms with E-state index in [1.807, 2.05) is 0 Å². The Balaban J connectivity index is 1.44. The third kappa shape index (κ3) is 4.73. The number of rotatable bonds is 6. The van der Waals surface area contributed by atoms with E-state index in [-0.39, 0.29) is 48.4 Å². The molecular formula is C30H46N2O8. The fraction of sp³-hybridized carbons (Fsp3) is 0.833. The van der Waals surface area contributed by atoms with Gasteiger partial charge in [-0.05, 0) is 81.1 Å². The summed E-state index contributed by atoms with van der Waals surface area (Å²) in [6, 6.07) is 0.400. The first kappa shape index (κ1) is 29.6. The average Bonchev–Trinajstić information content (AvgIpc) is 2.89. The van der Waals surface area contributed by atoms with Gasteiger partial charge in [0.25, 0.3) is 5.91 Å². The first-order valence-corrected chi connectivity index (χ1v) is 15.0. The van der Waals surface area contributed by atoms with Gasteiger partial charge in [-0.15, -0.1) is 0 Å².